The van der Waals surface area contributed by atoms with E-state index in [4.69, 9.17) is 0 Å². The Kier molecular flexibility index (Phi) is 5.49. The van der Waals surface area contributed by atoms with Gasteiger partial charge in [0.2, 0.25) is 0 Å². The monoisotopic (exact) mass is 266 g/mol. The summed E-state index contributed by atoms with van der Waals surface area (Å²) < 4.78 is 0. The van der Waals surface area contributed by atoms with Crippen molar-refractivity contribution < 1.29 is 0 Å². The number of hydrogen-bond donors (Lipinski definition) is 1. The van der Waals surface area contributed by atoms with Crippen molar-refractivity contribution in [1.82, 2.24) is 15.1 Å². The maximum Gasteiger partial charge on any atom is 0.193 e. The molecule has 1 aliphatic heterocycles. The lowest BCUT2D eigenvalue weighted by molar-refractivity contribution is 0.313. The molecule has 110 valence electrons. The zero-order chi connectivity index (χ0) is 13.7. The first-order chi connectivity index (χ1) is 9.24. The number of hydrogen-bond acceptors (Lipinski definition) is 2. The molecule has 4 heteroatoms. The normalized spacial score (nSPS) is 24.8. The highest BCUT2D eigenvalue weighted by atomic mass is 15.3. The molecular formula is C15H30N4. The van der Waals surface area contributed by atoms with Crippen molar-refractivity contribution in [2.45, 2.75) is 45.1 Å². The largest absolute Gasteiger partial charge is 0.356 e. The van der Waals surface area contributed by atoms with E-state index >= 15 is 0 Å². The summed E-state index contributed by atoms with van der Waals surface area (Å²) in [6.45, 7) is 6.99. The van der Waals surface area contributed by atoms with Gasteiger partial charge >= 0.3 is 0 Å². The lowest BCUT2D eigenvalue weighted by Crippen LogP contribution is -2.41. The first kappa shape index (κ1) is 14.6. The van der Waals surface area contributed by atoms with Gasteiger partial charge in [0.05, 0.1) is 0 Å². The van der Waals surface area contributed by atoms with Gasteiger partial charge in [0.25, 0.3) is 0 Å². The van der Waals surface area contributed by atoms with Crippen molar-refractivity contribution in [2.24, 2.45) is 10.9 Å². The molecular weight excluding hydrogens is 236 g/mol. The summed E-state index contributed by atoms with van der Waals surface area (Å²) in [5, 5.41) is 3.55. The Morgan fingerprint density at radius 3 is 2.79 bits per heavy atom. The predicted molar refractivity (Wildman–Crippen MR) is 81.6 cm³/mol. The molecule has 0 bridgehead atoms. The molecule has 2 rings (SSSR count). The van der Waals surface area contributed by atoms with Crippen molar-refractivity contribution in [3.63, 3.8) is 0 Å². The van der Waals surface area contributed by atoms with Gasteiger partial charge in [-0.25, -0.2) is 0 Å². The highest BCUT2D eigenvalue weighted by Gasteiger charge is 2.34. The highest BCUT2D eigenvalue weighted by Crippen LogP contribution is 2.31. The molecule has 1 saturated heterocycles. The molecule has 0 radical (unpaired) electrons. The van der Waals surface area contributed by atoms with Crippen LogP contribution in [0.25, 0.3) is 0 Å². The molecule has 2 fully saturated rings. The van der Waals surface area contributed by atoms with Gasteiger partial charge in [-0.2, -0.15) is 0 Å². The fraction of sp³-hybridized carbons (Fsp3) is 0.933. The molecule has 0 aromatic rings. The third kappa shape index (κ3) is 4.37. The fourth-order valence-electron chi connectivity index (χ4n) is 2.92. The van der Waals surface area contributed by atoms with Gasteiger partial charge in [-0.15, -0.1) is 0 Å². The van der Waals surface area contributed by atoms with E-state index in [1.807, 2.05) is 7.05 Å². The van der Waals surface area contributed by atoms with Crippen molar-refractivity contribution in [1.29, 1.82) is 0 Å². The van der Waals surface area contributed by atoms with Crippen LogP contribution in [0.15, 0.2) is 4.99 Å². The first-order valence-corrected chi connectivity index (χ1v) is 7.90. The van der Waals surface area contributed by atoms with E-state index in [9.17, 15) is 0 Å². The zero-order valence-corrected chi connectivity index (χ0v) is 12.9. The molecule has 4 nitrogen and oxygen atoms in total. The molecule has 1 atom stereocenters. The van der Waals surface area contributed by atoms with Crippen molar-refractivity contribution >= 4 is 5.96 Å². The van der Waals surface area contributed by atoms with Gasteiger partial charge < -0.3 is 15.1 Å². The molecule has 1 heterocycles. The van der Waals surface area contributed by atoms with Crippen LogP contribution in [-0.4, -0.2) is 62.1 Å². The van der Waals surface area contributed by atoms with Crippen molar-refractivity contribution in [3.05, 3.63) is 0 Å². The number of unbranched alkanes of at least 4 members (excludes halogenated alkanes) is 1. The Hall–Kier alpha value is -0.770. The summed E-state index contributed by atoms with van der Waals surface area (Å²) >= 11 is 0. The summed E-state index contributed by atoms with van der Waals surface area (Å²) in [7, 11) is 4.02. The molecule has 0 spiro atoms. The number of rotatable bonds is 6. The molecule has 2 aliphatic rings. The quantitative estimate of drug-likeness (QED) is 0.587. The number of aliphatic imine (C=N–C) groups is 1. The van der Waals surface area contributed by atoms with E-state index in [1.165, 1.54) is 45.2 Å². The number of guanidine groups is 1. The maximum atomic E-state index is 4.39. The van der Waals surface area contributed by atoms with Crippen LogP contribution in [0.3, 0.4) is 0 Å². The van der Waals surface area contributed by atoms with E-state index < -0.39 is 0 Å². The van der Waals surface area contributed by atoms with E-state index in [2.05, 4.69) is 34.1 Å². The first-order valence-electron chi connectivity index (χ1n) is 7.90. The molecule has 1 saturated carbocycles. The second-order valence-electron chi connectivity index (χ2n) is 6.08. The summed E-state index contributed by atoms with van der Waals surface area (Å²) in [6, 6.07) is 0.927. The molecule has 0 aromatic heterocycles. The van der Waals surface area contributed by atoms with Gasteiger partial charge in [-0.1, -0.05) is 13.3 Å². The van der Waals surface area contributed by atoms with E-state index in [0.29, 0.717) is 0 Å². The van der Waals surface area contributed by atoms with Gasteiger partial charge in [-0.05, 0) is 38.1 Å². The lowest BCUT2D eigenvalue weighted by Gasteiger charge is -2.23. The smallest absolute Gasteiger partial charge is 0.193 e. The van der Waals surface area contributed by atoms with Gasteiger partial charge in [-0.3, -0.25) is 4.99 Å². The van der Waals surface area contributed by atoms with Crippen LogP contribution in [0.5, 0.6) is 0 Å². The fourth-order valence-corrected chi connectivity index (χ4v) is 2.92. The standard InChI is InChI=1S/C15H30N4/c1-4-5-9-18(3)15(16-2)17-11-13-8-10-19(12-13)14-6-7-14/h13-14H,4-12H2,1-3H3,(H,16,17). The average Bonchev–Trinajstić information content (AvgIpc) is 3.17. The summed E-state index contributed by atoms with van der Waals surface area (Å²) in [6.07, 6.45) is 6.68. The topological polar surface area (TPSA) is 30.9 Å². The molecule has 0 aromatic carbocycles. The Bertz CT molecular complexity index is 299. The minimum absolute atomic E-state index is 0.803. The van der Waals surface area contributed by atoms with E-state index in [1.54, 1.807) is 0 Å². The van der Waals surface area contributed by atoms with Gasteiger partial charge in [0, 0.05) is 39.8 Å². The number of nitrogens with one attached hydrogen (secondary N) is 1. The maximum absolute atomic E-state index is 4.39. The predicted octanol–water partition coefficient (Wildman–Crippen LogP) is 1.78. The summed E-state index contributed by atoms with van der Waals surface area (Å²) in [5.41, 5.74) is 0. The average molecular weight is 266 g/mol. The third-order valence-electron chi connectivity index (χ3n) is 4.35. The van der Waals surface area contributed by atoms with Crippen LogP contribution < -0.4 is 5.32 Å². The van der Waals surface area contributed by atoms with Crippen LogP contribution in [0.4, 0.5) is 0 Å². The molecule has 0 amide bonds. The number of nitrogens with zero attached hydrogens (tertiary/aromatic N) is 3. The van der Waals surface area contributed by atoms with Crippen LogP contribution in [-0.2, 0) is 0 Å². The lowest BCUT2D eigenvalue weighted by atomic mass is 10.1. The summed E-state index contributed by atoms with van der Waals surface area (Å²) in [5.74, 6) is 1.86. The Labute approximate surface area is 118 Å². The molecule has 1 unspecified atom stereocenters. The van der Waals surface area contributed by atoms with Gasteiger partial charge in [0.15, 0.2) is 5.96 Å². The third-order valence-corrected chi connectivity index (χ3v) is 4.35. The minimum Gasteiger partial charge on any atom is -0.356 e. The van der Waals surface area contributed by atoms with Crippen LogP contribution >= 0.6 is 0 Å². The van der Waals surface area contributed by atoms with E-state index in [0.717, 1.165) is 31.0 Å². The van der Waals surface area contributed by atoms with Crippen LogP contribution in [0, 0.1) is 5.92 Å². The van der Waals surface area contributed by atoms with Crippen molar-refractivity contribution in [2.75, 3.05) is 40.3 Å². The van der Waals surface area contributed by atoms with Crippen LogP contribution in [0.1, 0.15) is 39.0 Å². The Morgan fingerprint density at radius 2 is 2.16 bits per heavy atom. The minimum atomic E-state index is 0.803. The highest BCUT2D eigenvalue weighted by molar-refractivity contribution is 5.79. The Balaban J connectivity index is 1.68. The zero-order valence-electron chi connectivity index (χ0n) is 12.9. The summed E-state index contributed by atoms with van der Waals surface area (Å²) in [4.78, 5) is 9.31. The van der Waals surface area contributed by atoms with E-state index in [-0.39, 0.29) is 0 Å². The Morgan fingerprint density at radius 1 is 1.37 bits per heavy atom. The SMILES string of the molecule is CCCCN(C)C(=NC)NCC1CCN(C2CC2)C1. The van der Waals surface area contributed by atoms with Gasteiger partial charge in [0.1, 0.15) is 0 Å². The molecule has 1 aliphatic carbocycles. The second kappa shape index (κ2) is 7.13. The van der Waals surface area contributed by atoms with Crippen LogP contribution in [0.2, 0.25) is 0 Å². The molecule has 19 heavy (non-hydrogen) atoms. The molecule has 1 N–H and O–H groups in total. The van der Waals surface area contributed by atoms with Crippen molar-refractivity contribution in [3.8, 4) is 0 Å². The number of likely N-dealkylation sites (tertiary alicyclic amines) is 1. The second-order valence-corrected chi connectivity index (χ2v) is 6.08.